The van der Waals surface area contributed by atoms with Crippen LogP contribution in [-0.4, -0.2) is 96.7 Å². The van der Waals surface area contributed by atoms with Crippen molar-refractivity contribution in [1.29, 1.82) is 0 Å². The molecule has 0 rings (SSSR count). The maximum absolute atomic E-state index is 13.1. The Balaban J connectivity index is 5.53. The molecule has 5 unspecified atom stereocenters. The first-order valence-electron chi connectivity index (χ1n) is 41.7. The van der Waals surface area contributed by atoms with Crippen LogP contribution in [0.1, 0.15) is 297 Å². The average Bonchev–Trinajstić information content (AvgIpc) is 0.899. The molecule has 0 bridgehead atoms. The first kappa shape index (κ1) is 104. The summed E-state index contributed by atoms with van der Waals surface area (Å²) >= 11 is 0. The van der Waals surface area contributed by atoms with Gasteiger partial charge in [0.2, 0.25) is 0 Å². The van der Waals surface area contributed by atoms with Crippen LogP contribution >= 0.6 is 15.6 Å². The second-order valence-electron chi connectivity index (χ2n) is 26.9. The second kappa shape index (κ2) is 80.9. The molecule has 0 aliphatic rings. The standard InChI is InChI=1S/C91H146O17P2/c1-5-9-13-17-21-25-29-33-37-40-42-45-48-51-55-59-63-67-71-75-88(93)101-81-86(107-90(95)77-73-69-65-61-57-53-47-36-32-28-24-20-16-12-8-4)83-105-109(97,98)103-79-85(92)80-104-110(99,100)106-84-87(108-91(96)78-74-70-66-62-58-54-50-44-39-35-31-27-23-19-15-11-7-3)82-102-89(94)76-72-68-64-60-56-52-49-46-43-41-38-34-30-26-22-18-14-10-6-2/h9-11,13-15,21-23,25-27,33-39,42-43,45-47,51-52,55-56,63-64,67-68,85-87,92H,5-8,12,16-20,24,28-32,40-41,44,48-50,53-54,57-62,65-66,69-84H2,1-4H3,(H,97,98)(H,99,100)/b13-9-,14-10-,15-11-,25-21-,26-22-,27-23-,37-33-,38-34-,39-35-,45-42-,46-43-,47-36-,55-51-,56-52-,67-63-,68-64-. The minimum Gasteiger partial charge on any atom is -0.462 e. The van der Waals surface area contributed by atoms with Crippen molar-refractivity contribution >= 4 is 39.5 Å². The molecule has 17 nitrogen and oxygen atoms in total. The van der Waals surface area contributed by atoms with Gasteiger partial charge in [-0.05, 0) is 161 Å². The quantitative estimate of drug-likeness (QED) is 0.0169. The Morgan fingerprint density at radius 3 is 0.773 bits per heavy atom. The van der Waals surface area contributed by atoms with Gasteiger partial charge in [0.1, 0.15) is 19.3 Å². The zero-order valence-corrected chi connectivity index (χ0v) is 69.9. The Kier molecular flexibility index (Phi) is 76.4. The van der Waals surface area contributed by atoms with Crippen molar-refractivity contribution in [2.45, 2.75) is 316 Å². The van der Waals surface area contributed by atoms with Crippen LogP contribution in [0, 0.1) is 0 Å². The molecule has 5 atom stereocenters. The monoisotopic (exact) mass is 1570 g/mol. The van der Waals surface area contributed by atoms with E-state index in [-0.39, 0.29) is 25.7 Å². The molecule has 19 heteroatoms. The Labute approximate surface area is 666 Å². The Morgan fingerprint density at radius 1 is 0.264 bits per heavy atom. The molecule has 0 amide bonds. The van der Waals surface area contributed by atoms with E-state index in [1.54, 1.807) is 0 Å². The molecule has 0 aliphatic carbocycles. The number of phosphoric ester groups is 2. The highest BCUT2D eigenvalue weighted by atomic mass is 31.2. The van der Waals surface area contributed by atoms with Crippen molar-refractivity contribution in [2.75, 3.05) is 39.6 Å². The van der Waals surface area contributed by atoms with E-state index in [1.807, 2.05) is 36.5 Å². The number of carbonyl (C=O) groups is 4. The van der Waals surface area contributed by atoms with Crippen LogP contribution in [0.4, 0.5) is 0 Å². The normalized spacial score (nSPS) is 14.8. The molecule has 0 saturated carbocycles. The SMILES string of the molecule is CC/C=C\C/C=C\C/C=C\C/C=C\C/C=C\C/C=C\CCC(=O)OCC(COP(=O)(O)OCC(O)COP(=O)(O)OCC(COC(=O)CC/C=C\C/C=C\C/C=C\C/C=C\C/C=C\C/C=C\CC)OC(=O)CCCCCCCCC/C=C\C/C=C\C/C=C\CC)OC(=O)CCCCCCC/C=C\CCCCCCCC. The minimum atomic E-state index is -5.02. The lowest BCUT2D eigenvalue weighted by Crippen LogP contribution is -2.30. The number of allylic oxidation sites excluding steroid dienone is 32. The van der Waals surface area contributed by atoms with Gasteiger partial charge in [0.25, 0.3) is 0 Å². The first-order valence-corrected chi connectivity index (χ1v) is 44.7. The number of aliphatic hydroxyl groups is 1. The van der Waals surface area contributed by atoms with Gasteiger partial charge in [-0.1, -0.05) is 306 Å². The maximum atomic E-state index is 13.1. The van der Waals surface area contributed by atoms with E-state index in [0.29, 0.717) is 38.5 Å². The van der Waals surface area contributed by atoms with E-state index in [1.165, 1.54) is 38.5 Å². The van der Waals surface area contributed by atoms with E-state index < -0.39 is 97.5 Å². The molecule has 0 aromatic carbocycles. The Hall–Kier alpha value is -6.10. The fourth-order valence-corrected chi connectivity index (χ4v) is 11.9. The number of hydrogen-bond acceptors (Lipinski definition) is 15. The second-order valence-corrected chi connectivity index (χ2v) is 29.8. The molecule has 0 saturated heterocycles. The molecule has 3 N–H and O–H groups in total. The predicted molar refractivity (Wildman–Crippen MR) is 454 cm³/mol. The summed E-state index contributed by atoms with van der Waals surface area (Å²) in [6, 6.07) is 0. The van der Waals surface area contributed by atoms with Crippen molar-refractivity contribution in [3.8, 4) is 0 Å². The van der Waals surface area contributed by atoms with Gasteiger partial charge in [0.15, 0.2) is 12.2 Å². The van der Waals surface area contributed by atoms with Crippen molar-refractivity contribution in [2.24, 2.45) is 0 Å². The number of rotatable bonds is 76. The number of ether oxygens (including phenoxy) is 4. The zero-order valence-electron chi connectivity index (χ0n) is 68.1. The van der Waals surface area contributed by atoms with E-state index >= 15 is 0 Å². The number of hydrogen-bond donors (Lipinski definition) is 3. The average molecular weight is 1570 g/mol. The predicted octanol–water partition coefficient (Wildman–Crippen LogP) is 24.9. The molecule has 0 fully saturated rings. The van der Waals surface area contributed by atoms with Crippen LogP contribution in [-0.2, 0) is 65.4 Å². The van der Waals surface area contributed by atoms with E-state index in [9.17, 15) is 43.2 Å². The molecule has 0 aromatic rings. The molecular formula is C91H146O17P2. The van der Waals surface area contributed by atoms with Crippen molar-refractivity contribution in [1.82, 2.24) is 0 Å². The highest BCUT2D eigenvalue weighted by Crippen LogP contribution is 2.45. The summed E-state index contributed by atoms with van der Waals surface area (Å²) in [5, 5.41) is 10.7. The molecular weight excluding hydrogens is 1430 g/mol. The lowest BCUT2D eigenvalue weighted by molar-refractivity contribution is -0.161. The molecule has 0 radical (unpaired) electrons. The number of unbranched alkanes of at least 4 members (excludes halogenated alkanes) is 18. The van der Waals surface area contributed by atoms with Gasteiger partial charge in [-0.25, -0.2) is 9.13 Å². The Bertz CT molecular complexity index is 2850. The summed E-state index contributed by atoms with van der Waals surface area (Å²) in [7, 11) is -10.0. The zero-order chi connectivity index (χ0) is 80.3. The summed E-state index contributed by atoms with van der Waals surface area (Å²) in [6.45, 7) is 4.33. The van der Waals surface area contributed by atoms with Gasteiger partial charge in [0.05, 0.1) is 26.4 Å². The van der Waals surface area contributed by atoms with Crippen LogP contribution in [0.25, 0.3) is 0 Å². The van der Waals surface area contributed by atoms with Gasteiger partial charge in [0, 0.05) is 25.7 Å². The van der Waals surface area contributed by atoms with Crippen molar-refractivity contribution < 1.29 is 80.2 Å². The summed E-state index contributed by atoms with van der Waals surface area (Å²) in [6.07, 6.45) is 100.0. The first-order chi connectivity index (χ1) is 53.7. The largest absolute Gasteiger partial charge is 0.472 e. The van der Waals surface area contributed by atoms with Crippen LogP contribution in [0.5, 0.6) is 0 Å². The molecule has 0 heterocycles. The van der Waals surface area contributed by atoms with E-state index in [4.69, 9.17) is 37.0 Å². The highest BCUT2D eigenvalue weighted by Gasteiger charge is 2.30. The third-order valence-electron chi connectivity index (χ3n) is 16.6. The van der Waals surface area contributed by atoms with Gasteiger partial charge in [-0.15, -0.1) is 0 Å². The van der Waals surface area contributed by atoms with Crippen molar-refractivity contribution in [3.05, 3.63) is 194 Å². The topological polar surface area (TPSA) is 237 Å². The highest BCUT2D eigenvalue weighted by molar-refractivity contribution is 7.47. The van der Waals surface area contributed by atoms with Crippen LogP contribution in [0.2, 0.25) is 0 Å². The lowest BCUT2D eigenvalue weighted by Gasteiger charge is -2.21. The summed E-state index contributed by atoms with van der Waals surface area (Å²) in [5.74, 6) is -2.41. The fourth-order valence-electron chi connectivity index (χ4n) is 10.3. The molecule has 110 heavy (non-hydrogen) atoms. The fraction of sp³-hybridized carbons (Fsp3) is 0.604. The molecule has 0 aliphatic heterocycles. The van der Waals surface area contributed by atoms with Gasteiger partial charge < -0.3 is 33.8 Å². The van der Waals surface area contributed by atoms with Crippen LogP contribution < -0.4 is 0 Å². The molecule has 0 aromatic heterocycles. The summed E-state index contributed by atoms with van der Waals surface area (Å²) < 4.78 is 68.6. The number of aliphatic hydroxyl groups excluding tert-OH is 1. The number of phosphoric acid groups is 2. The third-order valence-corrected chi connectivity index (χ3v) is 18.5. The van der Waals surface area contributed by atoms with Gasteiger partial charge >= 0.3 is 39.5 Å². The molecule has 622 valence electrons. The lowest BCUT2D eigenvalue weighted by atomic mass is 10.1. The minimum absolute atomic E-state index is 0.0252. The molecule has 0 spiro atoms. The smallest absolute Gasteiger partial charge is 0.462 e. The number of esters is 4. The van der Waals surface area contributed by atoms with Crippen molar-refractivity contribution in [3.63, 3.8) is 0 Å². The van der Waals surface area contributed by atoms with Gasteiger partial charge in [-0.3, -0.25) is 37.3 Å². The van der Waals surface area contributed by atoms with Gasteiger partial charge in [-0.2, -0.15) is 0 Å². The summed E-state index contributed by atoms with van der Waals surface area (Å²) in [5.41, 5.74) is 0. The van der Waals surface area contributed by atoms with Crippen LogP contribution in [0.15, 0.2) is 194 Å². The van der Waals surface area contributed by atoms with E-state index in [0.717, 1.165) is 167 Å². The number of carbonyl (C=O) groups excluding carboxylic acids is 4. The maximum Gasteiger partial charge on any atom is 0.472 e. The van der Waals surface area contributed by atoms with E-state index in [2.05, 4.69) is 186 Å². The Morgan fingerprint density at radius 2 is 0.491 bits per heavy atom. The summed E-state index contributed by atoms with van der Waals surface area (Å²) in [4.78, 5) is 73.1. The third kappa shape index (κ3) is 80.0. The van der Waals surface area contributed by atoms with Crippen LogP contribution in [0.3, 0.4) is 0 Å².